The fourth-order valence-corrected chi connectivity index (χ4v) is 0.114. The Hall–Kier alpha value is 1.09. The van der Waals surface area contributed by atoms with Crippen molar-refractivity contribution in [3.63, 3.8) is 0 Å². The van der Waals surface area contributed by atoms with Crippen LogP contribution in [-0.2, 0) is 4.65 Å². The number of halogens is 1. The summed E-state index contributed by atoms with van der Waals surface area (Å²) in [5, 5.41) is 15.5. The third kappa shape index (κ3) is 10.2. The molecule has 0 atom stereocenters. The van der Waals surface area contributed by atoms with Crippen LogP contribution < -0.4 is 51.4 Å². The van der Waals surface area contributed by atoms with Gasteiger partial charge in [-0.25, -0.2) is 0 Å². The van der Waals surface area contributed by atoms with Gasteiger partial charge in [0.25, 0.3) is 6.01 Å². The van der Waals surface area contributed by atoms with Crippen molar-refractivity contribution in [2.24, 2.45) is 0 Å². The summed E-state index contributed by atoms with van der Waals surface area (Å²) in [5.74, 6) is 0. The first-order valence-electron chi connectivity index (χ1n) is 1.50. The predicted octanol–water partition coefficient (Wildman–Crippen LogP) is -3.47. The van der Waals surface area contributed by atoms with Crippen LogP contribution in [0.5, 0.6) is 0 Å². The molecule has 6 heteroatoms. The van der Waals surface area contributed by atoms with Crippen molar-refractivity contribution in [2.45, 2.75) is 0 Å². The Morgan fingerprint density at radius 3 is 2.12 bits per heavy atom. The molecule has 0 aliphatic rings. The molecule has 0 saturated carbocycles. The monoisotopic (exact) mass is 146 g/mol. The molecule has 0 bridgehead atoms. The minimum absolute atomic E-state index is 0. The molecule has 0 amide bonds. The Balaban J connectivity index is -0.000000180. The van der Waals surface area contributed by atoms with Crippen LogP contribution >= 0.6 is 0 Å². The van der Waals surface area contributed by atoms with Gasteiger partial charge in [-0.3, -0.25) is 0 Å². The van der Waals surface area contributed by atoms with Crippen LogP contribution in [0.15, 0.2) is 12.6 Å². The molecule has 42 valence electrons. The van der Waals surface area contributed by atoms with E-state index in [9.17, 15) is 4.39 Å². The molecule has 0 aromatic heterocycles. The summed E-state index contributed by atoms with van der Waals surface area (Å²) < 4.78 is 14.7. The summed E-state index contributed by atoms with van der Waals surface area (Å²) in [4.78, 5) is 0. The second-order valence-electron chi connectivity index (χ2n) is 0.799. The first kappa shape index (κ1) is 11.8. The Morgan fingerprint density at radius 2 is 2.12 bits per heavy atom. The van der Waals surface area contributed by atoms with Crippen LogP contribution in [0.3, 0.4) is 0 Å². The average molecular weight is 146 g/mol. The van der Waals surface area contributed by atoms with Crippen molar-refractivity contribution in [2.75, 3.05) is 0 Å². The standard InChI is InChI=1S/C2H4BFO3.K.H/c1-2(4)7-3(5)6;;/h5-6H,1H2;;/q;+1;-1. The molecule has 0 aliphatic carbocycles. The fraction of sp³-hybridized carbons (Fsp3) is 0. The van der Waals surface area contributed by atoms with Crippen molar-refractivity contribution < 1.29 is 71.9 Å². The van der Waals surface area contributed by atoms with Gasteiger partial charge in [-0.2, -0.15) is 4.39 Å². The van der Waals surface area contributed by atoms with Crippen LogP contribution in [0, 0.1) is 0 Å². The quantitative estimate of drug-likeness (QED) is 0.314. The van der Waals surface area contributed by atoms with Gasteiger partial charge in [0.15, 0.2) is 0 Å². The molecule has 0 aliphatic heterocycles. The summed E-state index contributed by atoms with van der Waals surface area (Å²) in [6.07, 6.45) is 0. The van der Waals surface area contributed by atoms with E-state index in [-0.39, 0.29) is 52.8 Å². The summed E-state index contributed by atoms with van der Waals surface area (Å²) in [5.41, 5.74) is 0. The SMILES string of the molecule is C=C(F)OB(O)O.[H-].[K+]. The molecule has 0 saturated heterocycles. The molecule has 0 heterocycles. The van der Waals surface area contributed by atoms with Gasteiger partial charge in [0.2, 0.25) is 0 Å². The van der Waals surface area contributed by atoms with E-state index in [0.717, 1.165) is 0 Å². The zero-order chi connectivity index (χ0) is 5.86. The van der Waals surface area contributed by atoms with Crippen molar-refractivity contribution in [1.29, 1.82) is 0 Å². The third-order valence-corrected chi connectivity index (χ3v) is 0.233. The first-order chi connectivity index (χ1) is 3.13. The molecule has 0 radical (unpaired) electrons. The van der Waals surface area contributed by atoms with Gasteiger partial charge in [0.05, 0.1) is 0 Å². The molecule has 0 rings (SSSR count). The summed E-state index contributed by atoms with van der Waals surface area (Å²) in [6.45, 7) is 2.59. The molecular weight excluding hydrogens is 141 g/mol. The first-order valence-corrected chi connectivity index (χ1v) is 1.50. The molecule has 2 N–H and O–H groups in total. The fourth-order valence-electron chi connectivity index (χ4n) is 0.114. The molecule has 0 aromatic carbocycles. The molecule has 3 nitrogen and oxygen atoms in total. The maximum atomic E-state index is 11.2. The van der Waals surface area contributed by atoms with Gasteiger partial charge in [-0.1, -0.05) is 0 Å². The Labute approximate surface area is 90.6 Å². The number of rotatable bonds is 2. The molecule has 0 aromatic rings. The average Bonchev–Trinajstić information content (AvgIpc) is 1.27. The minimum atomic E-state index is -2.10. The Morgan fingerprint density at radius 1 is 1.75 bits per heavy atom. The van der Waals surface area contributed by atoms with Crippen LogP contribution in [0.2, 0.25) is 0 Å². The van der Waals surface area contributed by atoms with E-state index in [4.69, 9.17) is 10.0 Å². The van der Waals surface area contributed by atoms with Gasteiger partial charge < -0.3 is 16.1 Å². The maximum absolute atomic E-state index is 11.2. The van der Waals surface area contributed by atoms with E-state index >= 15 is 0 Å². The molecule has 0 fully saturated rings. The van der Waals surface area contributed by atoms with Gasteiger partial charge in [-0.15, -0.1) is 0 Å². The van der Waals surface area contributed by atoms with Gasteiger partial charge >= 0.3 is 58.7 Å². The summed E-state index contributed by atoms with van der Waals surface area (Å²) in [6, 6.07) is -1.21. The van der Waals surface area contributed by atoms with Crippen LogP contribution in [0.4, 0.5) is 4.39 Å². The van der Waals surface area contributed by atoms with Crippen molar-refractivity contribution in [1.82, 2.24) is 0 Å². The van der Waals surface area contributed by atoms with Gasteiger partial charge in [0, 0.05) is 0 Å². The van der Waals surface area contributed by atoms with Crippen LogP contribution in [0.1, 0.15) is 1.43 Å². The van der Waals surface area contributed by atoms with Gasteiger partial charge in [0.1, 0.15) is 0 Å². The van der Waals surface area contributed by atoms with E-state index in [2.05, 4.69) is 11.2 Å². The molecule has 0 unspecified atom stereocenters. The van der Waals surface area contributed by atoms with E-state index in [0.29, 0.717) is 0 Å². The summed E-state index contributed by atoms with van der Waals surface area (Å²) >= 11 is 0. The maximum Gasteiger partial charge on any atom is 1.00 e. The van der Waals surface area contributed by atoms with E-state index in [1.54, 1.807) is 0 Å². The van der Waals surface area contributed by atoms with Gasteiger partial charge in [-0.05, 0) is 6.58 Å². The minimum Gasteiger partial charge on any atom is -1.00 e. The number of hydrogen-bond donors (Lipinski definition) is 2. The zero-order valence-electron chi connectivity index (χ0n) is 5.47. The van der Waals surface area contributed by atoms with Crippen LogP contribution in [0.25, 0.3) is 0 Å². The smallest absolute Gasteiger partial charge is 1.00 e. The number of hydrogen-bond acceptors (Lipinski definition) is 3. The van der Waals surface area contributed by atoms with Crippen molar-refractivity contribution >= 4 is 7.32 Å². The molecular formula is C2H5BFKO3. The van der Waals surface area contributed by atoms with Crippen molar-refractivity contribution in [3.05, 3.63) is 12.6 Å². The summed E-state index contributed by atoms with van der Waals surface area (Å²) in [7, 11) is -2.10. The van der Waals surface area contributed by atoms with E-state index in [1.807, 2.05) is 0 Å². The second kappa shape index (κ2) is 6.21. The Bertz CT molecular complexity index is 82.2. The van der Waals surface area contributed by atoms with E-state index < -0.39 is 13.3 Å². The van der Waals surface area contributed by atoms with E-state index in [1.165, 1.54) is 0 Å². The largest absolute Gasteiger partial charge is 1.00 e. The molecule has 0 spiro atoms. The Kier molecular flexibility index (Phi) is 9.20. The van der Waals surface area contributed by atoms with Crippen molar-refractivity contribution in [3.8, 4) is 0 Å². The predicted molar refractivity (Wildman–Crippen MR) is 22.6 cm³/mol. The topological polar surface area (TPSA) is 49.7 Å². The normalized spacial score (nSPS) is 6.88. The zero-order valence-corrected chi connectivity index (χ0v) is 7.59. The second-order valence-corrected chi connectivity index (χ2v) is 0.799. The van der Waals surface area contributed by atoms with Crippen LogP contribution in [-0.4, -0.2) is 17.4 Å². The third-order valence-electron chi connectivity index (χ3n) is 0.233. The molecule has 8 heavy (non-hydrogen) atoms.